The van der Waals surface area contributed by atoms with Gasteiger partial charge in [-0.05, 0) is 5.56 Å². The lowest BCUT2D eigenvalue weighted by molar-refractivity contribution is 0.0946. The third kappa shape index (κ3) is 3.01. The van der Waals surface area contributed by atoms with Gasteiger partial charge in [0.2, 0.25) is 5.88 Å². The van der Waals surface area contributed by atoms with Crippen molar-refractivity contribution in [3.63, 3.8) is 0 Å². The molecule has 0 spiro atoms. The van der Waals surface area contributed by atoms with Gasteiger partial charge in [0.15, 0.2) is 0 Å². The fourth-order valence-corrected chi connectivity index (χ4v) is 1.77. The van der Waals surface area contributed by atoms with Crippen LogP contribution in [0.15, 0.2) is 29.2 Å². The molecule has 0 aliphatic heterocycles. The van der Waals surface area contributed by atoms with Crippen LogP contribution in [0.2, 0.25) is 0 Å². The first-order valence-electron chi connectivity index (χ1n) is 4.95. The number of thiazole rings is 1. The molecule has 0 aliphatic carbocycles. The highest BCUT2D eigenvalue weighted by Gasteiger charge is 2.06. The fourth-order valence-electron chi connectivity index (χ4n) is 1.23. The Labute approximate surface area is 102 Å². The Morgan fingerprint density at radius 2 is 2.35 bits per heavy atom. The Morgan fingerprint density at radius 3 is 2.94 bits per heavy atom. The van der Waals surface area contributed by atoms with Crippen LogP contribution in [-0.2, 0) is 6.54 Å². The monoisotopic (exact) mass is 249 g/mol. The molecular weight excluding hydrogens is 238 g/mol. The lowest BCUT2D eigenvalue weighted by Crippen LogP contribution is -2.23. The number of pyridine rings is 1. The fraction of sp³-hybridized carbons (Fsp3) is 0.182. The van der Waals surface area contributed by atoms with Crippen LogP contribution < -0.4 is 10.1 Å². The van der Waals surface area contributed by atoms with Crippen molar-refractivity contribution in [1.29, 1.82) is 0 Å². The van der Waals surface area contributed by atoms with Crippen LogP contribution in [0.1, 0.15) is 16.1 Å². The third-order valence-electron chi connectivity index (χ3n) is 2.12. The summed E-state index contributed by atoms with van der Waals surface area (Å²) in [7, 11) is 1.56. The summed E-state index contributed by atoms with van der Waals surface area (Å²) in [6.45, 7) is 0.424. The second kappa shape index (κ2) is 5.40. The summed E-state index contributed by atoms with van der Waals surface area (Å²) in [6.07, 6.45) is 1.67. The van der Waals surface area contributed by atoms with Gasteiger partial charge < -0.3 is 10.1 Å². The summed E-state index contributed by atoms with van der Waals surface area (Å²) in [5, 5.41) is 4.47. The number of ether oxygens (including phenoxy) is 1. The maximum Gasteiger partial charge on any atom is 0.271 e. The summed E-state index contributed by atoms with van der Waals surface area (Å²) in [4.78, 5) is 19.6. The first kappa shape index (κ1) is 11.5. The van der Waals surface area contributed by atoms with E-state index >= 15 is 0 Å². The molecule has 2 aromatic heterocycles. The van der Waals surface area contributed by atoms with Gasteiger partial charge in [0.05, 0.1) is 12.6 Å². The summed E-state index contributed by atoms with van der Waals surface area (Å²) in [5.41, 5.74) is 2.98. The van der Waals surface area contributed by atoms with Gasteiger partial charge in [-0.15, -0.1) is 11.3 Å². The summed E-state index contributed by atoms with van der Waals surface area (Å²) >= 11 is 1.39. The van der Waals surface area contributed by atoms with E-state index in [-0.39, 0.29) is 5.91 Å². The number of nitrogens with zero attached hydrogens (tertiary/aromatic N) is 2. The predicted octanol–water partition coefficient (Wildman–Crippen LogP) is 1.48. The Kier molecular flexibility index (Phi) is 3.66. The van der Waals surface area contributed by atoms with Gasteiger partial charge in [-0.1, -0.05) is 6.07 Å². The van der Waals surface area contributed by atoms with Crippen LogP contribution in [0.4, 0.5) is 0 Å². The predicted molar refractivity (Wildman–Crippen MR) is 64.1 cm³/mol. The van der Waals surface area contributed by atoms with Crippen molar-refractivity contribution in [2.75, 3.05) is 7.11 Å². The minimum absolute atomic E-state index is 0.179. The number of amides is 1. The van der Waals surface area contributed by atoms with Gasteiger partial charge in [0.1, 0.15) is 5.69 Å². The molecule has 0 saturated heterocycles. The van der Waals surface area contributed by atoms with E-state index in [1.54, 1.807) is 30.3 Å². The van der Waals surface area contributed by atoms with Crippen molar-refractivity contribution in [3.05, 3.63) is 40.5 Å². The highest BCUT2D eigenvalue weighted by molar-refractivity contribution is 7.07. The summed E-state index contributed by atoms with van der Waals surface area (Å²) in [5.74, 6) is 0.377. The molecule has 5 nitrogen and oxygen atoms in total. The quantitative estimate of drug-likeness (QED) is 0.891. The lowest BCUT2D eigenvalue weighted by atomic mass is 10.3. The highest BCUT2D eigenvalue weighted by atomic mass is 32.1. The van der Waals surface area contributed by atoms with Gasteiger partial charge in [-0.25, -0.2) is 9.97 Å². The molecule has 0 radical (unpaired) electrons. The molecular formula is C11H11N3O2S. The number of hydrogen-bond donors (Lipinski definition) is 1. The standard InChI is InChI=1S/C11H11N3O2S/c1-16-10-3-2-8(4-12-10)5-13-11(15)9-6-17-7-14-9/h2-4,6-7H,5H2,1H3,(H,13,15). The van der Waals surface area contributed by atoms with Gasteiger partial charge >= 0.3 is 0 Å². The summed E-state index contributed by atoms with van der Waals surface area (Å²) < 4.78 is 4.95. The van der Waals surface area contributed by atoms with Crippen LogP contribution >= 0.6 is 11.3 Å². The van der Waals surface area contributed by atoms with Gasteiger partial charge in [0.25, 0.3) is 5.91 Å². The molecule has 88 valence electrons. The molecule has 0 unspecified atom stereocenters. The number of rotatable bonds is 4. The first-order valence-corrected chi connectivity index (χ1v) is 5.89. The number of nitrogens with one attached hydrogen (secondary N) is 1. The van der Waals surface area contributed by atoms with Crippen molar-refractivity contribution in [2.24, 2.45) is 0 Å². The van der Waals surface area contributed by atoms with Crippen molar-refractivity contribution >= 4 is 17.2 Å². The maximum atomic E-state index is 11.6. The van der Waals surface area contributed by atoms with E-state index in [4.69, 9.17) is 4.74 Å². The van der Waals surface area contributed by atoms with E-state index in [1.807, 2.05) is 6.07 Å². The maximum absolute atomic E-state index is 11.6. The topological polar surface area (TPSA) is 64.1 Å². The van der Waals surface area contributed by atoms with Crippen LogP contribution in [0.3, 0.4) is 0 Å². The summed E-state index contributed by atoms with van der Waals surface area (Å²) in [6, 6.07) is 3.61. The molecule has 0 saturated carbocycles. The van der Waals surface area contributed by atoms with E-state index in [2.05, 4.69) is 15.3 Å². The number of carbonyl (C=O) groups is 1. The molecule has 17 heavy (non-hydrogen) atoms. The largest absolute Gasteiger partial charge is 0.481 e. The molecule has 0 bridgehead atoms. The molecule has 6 heteroatoms. The van der Waals surface area contributed by atoms with Gasteiger partial charge in [-0.2, -0.15) is 0 Å². The molecule has 1 N–H and O–H groups in total. The number of carbonyl (C=O) groups excluding carboxylic acids is 1. The highest BCUT2D eigenvalue weighted by Crippen LogP contribution is 2.07. The number of aromatic nitrogens is 2. The Hall–Kier alpha value is -1.95. The molecule has 0 aromatic carbocycles. The zero-order valence-electron chi connectivity index (χ0n) is 9.21. The first-order chi connectivity index (χ1) is 8.29. The van der Waals surface area contributed by atoms with Crippen LogP contribution in [-0.4, -0.2) is 23.0 Å². The van der Waals surface area contributed by atoms with Crippen LogP contribution in [0.5, 0.6) is 5.88 Å². The number of methoxy groups -OCH3 is 1. The molecule has 2 heterocycles. The van der Waals surface area contributed by atoms with Crippen LogP contribution in [0.25, 0.3) is 0 Å². The van der Waals surface area contributed by atoms with Crippen molar-refractivity contribution in [1.82, 2.24) is 15.3 Å². The van der Waals surface area contributed by atoms with E-state index < -0.39 is 0 Å². The van der Waals surface area contributed by atoms with E-state index in [0.29, 0.717) is 18.1 Å². The number of hydrogen-bond acceptors (Lipinski definition) is 5. The zero-order valence-corrected chi connectivity index (χ0v) is 10.0. The lowest BCUT2D eigenvalue weighted by Gasteiger charge is -2.04. The van der Waals surface area contributed by atoms with E-state index in [0.717, 1.165) is 5.56 Å². The third-order valence-corrected chi connectivity index (χ3v) is 2.71. The van der Waals surface area contributed by atoms with Crippen molar-refractivity contribution < 1.29 is 9.53 Å². The van der Waals surface area contributed by atoms with E-state index in [9.17, 15) is 4.79 Å². The average Bonchev–Trinajstić information content (AvgIpc) is 2.90. The molecule has 2 aromatic rings. The SMILES string of the molecule is COc1ccc(CNC(=O)c2cscn2)cn1. The van der Waals surface area contributed by atoms with Crippen LogP contribution in [0, 0.1) is 0 Å². The minimum atomic E-state index is -0.179. The Bertz CT molecular complexity index is 482. The van der Waals surface area contributed by atoms with E-state index in [1.165, 1.54) is 11.3 Å². The second-order valence-electron chi connectivity index (χ2n) is 3.27. The Balaban J connectivity index is 1.91. The molecule has 0 atom stereocenters. The molecule has 1 amide bonds. The van der Waals surface area contributed by atoms with Gasteiger partial charge in [0, 0.05) is 24.2 Å². The Morgan fingerprint density at radius 1 is 1.47 bits per heavy atom. The van der Waals surface area contributed by atoms with Gasteiger partial charge in [-0.3, -0.25) is 4.79 Å². The molecule has 2 rings (SSSR count). The minimum Gasteiger partial charge on any atom is -0.481 e. The van der Waals surface area contributed by atoms with Crippen molar-refractivity contribution in [2.45, 2.75) is 6.54 Å². The zero-order chi connectivity index (χ0) is 12.1. The normalized spacial score (nSPS) is 9.94. The molecule has 0 fully saturated rings. The molecule has 0 aliphatic rings. The average molecular weight is 249 g/mol. The smallest absolute Gasteiger partial charge is 0.271 e. The second-order valence-corrected chi connectivity index (χ2v) is 3.98. The van der Waals surface area contributed by atoms with Crippen molar-refractivity contribution in [3.8, 4) is 5.88 Å².